The first-order valence-corrected chi connectivity index (χ1v) is 5.15. The van der Waals surface area contributed by atoms with Crippen molar-refractivity contribution in [3.05, 3.63) is 0 Å². The molecule has 1 unspecified atom stereocenters. The highest BCUT2D eigenvalue weighted by Gasteiger charge is 2.31. The molecule has 3 heteroatoms. The third kappa shape index (κ3) is 5.22. The number of ether oxygens (including phenoxy) is 1. The van der Waals surface area contributed by atoms with E-state index in [1.54, 1.807) is 13.8 Å². The van der Waals surface area contributed by atoms with Gasteiger partial charge >= 0.3 is 5.97 Å². The molecule has 0 saturated carbocycles. The topological polar surface area (TPSA) is 52.3 Å². The monoisotopic (exact) mass is 201 g/mol. The minimum atomic E-state index is -0.844. The van der Waals surface area contributed by atoms with E-state index in [4.69, 9.17) is 10.5 Å². The van der Waals surface area contributed by atoms with E-state index in [0.29, 0.717) is 13.0 Å². The SMILES string of the molecule is CCOC(=O)C(C)(N)CCC(C)(C)C. The number of nitrogens with two attached hydrogens (primary N) is 1. The second-order valence-corrected chi connectivity index (χ2v) is 5.20. The lowest BCUT2D eigenvalue weighted by Gasteiger charge is -2.26. The van der Waals surface area contributed by atoms with Gasteiger partial charge in [0.15, 0.2) is 0 Å². The summed E-state index contributed by atoms with van der Waals surface area (Å²) < 4.78 is 4.91. The molecule has 0 radical (unpaired) electrons. The normalized spacial score (nSPS) is 16.1. The Balaban J connectivity index is 4.13. The number of carbonyl (C=O) groups excluding carboxylic acids is 1. The summed E-state index contributed by atoms with van der Waals surface area (Å²) in [5.41, 5.74) is 5.24. The van der Waals surface area contributed by atoms with Crippen molar-refractivity contribution >= 4 is 5.97 Å². The molecule has 84 valence electrons. The Bertz CT molecular complexity index is 192. The summed E-state index contributed by atoms with van der Waals surface area (Å²) in [6.07, 6.45) is 1.58. The molecular formula is C11H23NO2. The van der Waals surface area contributed by atoms with Gasteiger partial charge in [0.2, 0.25) is 0 Å². The first-order chi connectivity index (χ1) is 6.19. The highest BCUT2D eigenvalue weighted by molar-refractivity contribution is 5.79. The highest BCUT2D eigenvalue weighted by atomic mass is 16.5. The fraction of sp³-hybridized carbons (Fsp3) is 0.909. The van der Waals surface area contributed by atoms with Crippen LogP contribution in [0.15, 0.2) is 0 Å². The average molecular weight is 201 g/mol. The van der Waals surface area contributed by atoms with Crippen LogP contribution in [0.25, 0.3) is 0 Å². The second-order valence-electron chi connectivity index (χ2n) is 5.20. The van der Waals surface area contributed by atoms with Crippen molar-refractivity contribution in [1.29, 1.82) is 0 Å². The second kappa shape index (κ2) is 4.78. The maximum atomic E-state index is 11.4. The first-order valence-electron chi connectivity index (χ1n) is 5.15. The summed E-state index contributed by atoms with van der Waals surface area (Å²) in [5, 5.41) is 0. The van der Waals surface area contributed by atoms with Crippen molar-refractivity contribution in [1.82, 2.24) is 0 Å². The van der Waals surface area contributed by atoms with E-state index in [9.17, 15) is 4.79 Å². The molecule has 3 nitrogen and oxygen atoms in total. The Morgan fingerprint density at radius 1 is 1.21 bits per heavy atom. The maximum absolute atomic E-state index is 11.4. The van der Waals surface area contributed by atoms with Gasteiger partial charge in [0.1, 0.15) is 5.54 Å². The number of hydrogen-bond donors (Lipinski definition) is 1. The zero-order chi connectivity index (χ0) is 11.4. The largest absolute Gasteiger partial charge is 0.465 e. The number of rotatable bonds is 4. The molecule has 0 aromatic carbocycles. The van der Waals surface area contributed by atoms with Crippen molar-refractivity contribution in [3.63, 3.8) is 0 Å². The van der Waals surface area contributed by atoms with Gasteiger partial charge in [0, 0.05) is 0 Å². The van der Waals surface area contributed by atoms with Gasteiger partial charge < -0.3 is 10.5 Å². The Labute approximate surface area is 87.0 Å². The molecule has 14 heavy (non-hydrogen) atoms. The van der Waals surface area contributed by atoms with Crippen molar-refractivity contribution in [2.45, 2.75) is 53.0 Å². The van der Waals surface area contributed by atoms with Crippen LogP contribution < -0.4 is 5.73 Å². The van der Waals surface area contributed by atoms with Crippen LogP contribution in [0.1, 0.15) is 47.5 Å². The Hall–Kier alpha value is -0.570. The molecule has 0 aromatic rings. The van der Waals surface area contributed by atoms with E-state index in [2.05, 4.69) is 20.8 Å². The summed E-state index contributed by atoms with van der Waals surface area (Å²) in [6.45, 7) is 10.3. The van der Waals surface area contributed by atoms with Crippen molar-refractivity contribution in [2.24, 2.45) is 11.1 Å². The maximum Gasteiger partial charge on any atom is 0.325 e. The lowest BCUT2D eigenvalue weighted by atomic mass is 9.84. The van der Waals surface area contributed by atoms with Crippen LogP contribution in [0.4, 0.5) is 0 Å². The molecule has 0 aliphatic rings. The van der Waals surface area contributed by atoms with Gasteiger partial charge in [0.25, 0.3) is 0 Å². The van der Waals surface area contributed by atoms with Crippen LogP contribution in [0.5, 0.6) is 0 Å². The van der Waals surface area contributed by atoms with Gasteiger partial charge in [0.05, 0.1) is 6.61 Å². The molecule has 0 heterocycles. The average Bonchev–Trinajstić information content (AvgIpc) is 2.00. The smallest absolute Gasteiger partial charge is 0.325 e. The predicted octanol–water partition coefficient (Wildman–Crippen LogP) is 2.09. The van der Waals surface area contributed by atoms with Gasteiger partial charge in [-0.1, -0.05) is 20.8 Å². The van der Waals surface area contributed by atoms with Crippen LogP contribution in [-0.2, 0) is 9.53 Å². The standard InChI is InChI=1S/C11H23NO2/c1-6-14-9(13)11(5,12)8-7-10(2,3)4/h6-8,12H2,1-5H3. The summed E-state index contributed by atoms with van der Waals surface area (Å²) in [6, 6.07) is 0. The number of esters is 1. The molecule has 0 aliphatic heterocycles. The van der Waals surface area contributed by atoms with Crippen molar-refractivity contribution < 1.29 is 9.53 Å². The molecule has 0 fully saturated rings. The van der Waals surface area contributed by atoms with Gasteiger partial charge in [-0.25, -0.2) is 0 Å². The first kappa shape index (κ1) is 13.4. The zero-order valence-corrected chi connectivity index (χ0v) is 10.0. The predicted molar refractivity (Wildman–Crippen MR) is 57.9 cm³/mol. The van der Waals surface area contributed by atoms with Crippen LogP contribution >= 0.6 is 0 Å². The van der Waals surface area contributed by atoms with Crippen molar-refractivity contribution in [2.75, 3.05) is 6.61 Å². The Morgan fingerprint density at radius 3 is 2.07 bits per heavy atom. The summed E-state index contributed by atoms with van der Waals surface area (Å²) in [4.78, 5) is 11.4. The molecule has 0 rings (SSSR count). The Morgan fingerprint density at radius 2 is 1.71 bits per heavy atom. The molecule has 2 N–H and O–H groups in total. The third-order valence-electron chi connectivity index (χ3n) is 2.14. The molecule has 0 aliphatic carbocycles. The van der Waals surface area contributed by atoms with Crippen LogP contribution in [0, 0.1) is 5.41 Å². The lowest BCUT2D eigenvalue weighted by molar-refractivity contribution is -0.149. The Kier molecular flexibility index (Phi) is 4.59. The number of hydrogen-bond acceptors (Lipinski definition) is 3. The summed E-state index contributed by atoms with van der Waals surface area (Å²) >= 11 is 0. The van der Waals surface area contributed by atoms with Gasteiger partial charge in [-0.2, -0.15) is 0 Å². The van der Waals surface area contributed by atoms with Gasteiger partial charge in [-0.15, -0.1) is 0 Å². The van der Waals surface area contributed by atoms with E-state index in [1.807, 2.05) is 0 Å². The molecular weight excluding hydrogens is 178 g/mol. The van der Waals surface area contributed by atoms with Gasteiger partial charge in [-0.05, 0) is 32.1 Å². The summed E-state index contributed by atoms with van der Waals surface area (Å²) in [5.74, 6) is -0.302. The molecule has 0 aromatic heterocycles. The molecule has 0 amide bonds. The lowest BCUT2D eigenvalue weighted by Crippen LogP contribution is -2.46. The van der Waals surface area contributed by atoms with E-state index in [-0.39, 0.29) is 11.4 Å². The minimum Gasteiger partial charge on any atom is -0.465 e. The third-order valence-corrected chi connectivity index (χ3v) is 2.14. The fourth-order valence-electron chi connectivity index (χ4n) is 1.03. The van der Waals surface area contributed by atoms with E-state index in [1.165, 1.54) is 0 Å². The number of carbonyl (C=O) groups is 1. The quantitative estimate of drug-likeness (QED) is 0.709. The molecule has 0 bridgehead atoms. The molecule has 0 saturated heterocycles. The van der Waals surface area contributed by atoms with E-state index < -0.39 is 5.54 Å². The van der Waals surface area contributed by atoms with Crippen LogP contribution in [-0.4, -0.2) is 18.1 Å². The van der Waals surface area contributed by atoms with E-state index in [0.717, 1.165) is 6.42 Å². The molecule has 0 spiro atoms. The molecule has 1 atom stereocenters. The van der Waals surface area contributed by atoms with Gasteiger partial charge in [-0.3, -0.25) is 4.79 Å². The van der Waals surface area contributed by atoms with Crippen LogP contribution in [0.2, 0.25) is 0 Å². The minimum absolute atomic E-state index is 0.202. The van der Waals surface area contributed by atoms with Crippen LogP contribution in [0.3, 0.4) is 0 Å². The zero-order valence-electron chi connectivity index (χ0n) is 10.0. The van der Waals surface area contributed by atoms with E-state index >= 15 is 0 Å². The van der Waals surface area contributed by atoms with Crippen molar-refractivity contribution in [3.8, 4) is 0 Å². The summed E-state index contributed by atoms with van der Waals surface area (Å²) in [7, 11) is 0. The fourth-order valence-corrected chi connectivity index (χ4v) is 1.03. The highest BCUT2D eigenvalue weighted by Crippen LogP contribution is 2.24.